The fourth-order valence-corrected chi connectivity index (χ4v) is 2.28. The Morgan fingerprint density at radius 2 is 2.06 bits per heavy atom. The maximum absolute atomic E-state index is 13.4. The Morgan fingerprint density at radius 3 is 2.72 bits per heavy atom. The van der Waals surface area contributed by atoms with Gasteiger partial charge in [0.15, 0.2) is 0 Å². The average Bonchev–Trinajstić information content (AvgIpc) is 2.40. The van der Waals surface area contributed by atoms with Gasteiger partial charge in [-0.15, -0.1) is 6.42 Å². The molecule has 0 amide bonds. The van der Waals surface area contributed by atoms with Crippen LogP contribution in [0.1, 0.15) is 18.4 Å². The highest BCUT2D eigenvalue weighted by atomic mass is 19.1. The molecule has 0 bridgehead atoms. The molecule has 1 aromatic rings. The highest BCUT2D eigenvalue weighted by Gasteiger charge is 2.16. The van der Waals surface area contributed by atoms with E-state index in [1.54, 1.807) is 12.1 Å². The molecular formula is C16H18FN. The lowest BCUT2D eigenvalue weighted by atomic mass is 9.95. The van der Waals surface area contributed by atoms with E-state index in [1.807, 2.05) is 12.1 Å². The third kappa shape index (κ3) is 3.45. The molecule has 1 saturated heterocycles. The van der Waals surface area contributed by atoms with Crippen LogP contribution in [0.3, 0.4) is 0 Å². The molecule has 0 unspecified atom stereocenters. The first-order valence-corrected chi connectivity index (χ1v) is 6.38. The summed E-state index contributed by atoms with van der Waals surface area (Å²) in [6.07, 6.45) is 11.5. The van der Waals surface area contributed by atoms with Gasteiger partial charge in [0.25, 0.3) is 0 Å². The van der Waals surface area contributed by atoms with Gasteiger partial charge in [-0.1, -0.05) is 36.3 Å². The molecule has 0 aliphatic carbocycles. The molecule has 1 fully saturated rings. The van der Waals surface area contributed by atoms with Crippen LogP contribution in [0.15, 0.2) is 30.3 Å². The van der Waals surface area contributed by atoms with Crippen LogP contribution in [0.2, 0.25) is 0 Å². The van der Waals surface area contributed by atoms with Crippen LogP contribution in [0.5, 0.6) is 0 Å². The summed E-state index contributed by atoms with van der Waals surface area (Å²) in [7, 11) is 0. The van der Waals surface area contributed by atoms with E-state index < -0.39 is 0 Å². The molecule has 1 aliphatic heterocycles. The van der Waals surface area contributed by atoms with Crippen LogP contribution in [0.4, 0.5) is 4.39 Å². The molecular weight excluding hydrogens is 225 g/mol. The first kappa shape index (κ1) is 12.9. The van der Waals surface area contributed by atoms with Gasteiger partial charge in [0.05, 0.1) is 6.54 Å². The van der Waals surface area contributed by atoms with Gasteiger partial charge in [0.2, 0.25) is 0 Å². The fourth-order valence-electron chi connectivity index (χ4n) is 2.28. The normalized spacial score (nSPS) is 18.0. The number of allylic oxidation sites excluding steroid dienone is 1. The zero-order valence-electron chi connectivity index (χ0n) is 10.5. The van der Waals surface area contributed by atoms with Crippen molar-refractivity contribution in [3.63, 3.8) is 0 Å². The molecule has 1 aliphatic rings. The van der Waals surface area contributed by atoms with Crippen molar-refractivity contribution in [1.82, 2.24) is 4.90 Å². The fraction of sp³-hybridized carbons (Fsp3) is 0.375. The van der Waals surface area contributed by atoms with Gasteiger partial charge < -0.3 is 0 Å². The molecule has 1 aromatic carbocycles. The number of benzene rings is 1. The van der Waals surface area contributed by atoms with E-state index in [0.29, 0.717) is 11.5 Å². The number of hydrogen-bond acceptors (Lipinski definition) is 1. The van der Waals surface area contributed by atoms with Crippen molar-refractivity contribution in [3.8, 4) is 12.3 Å². The lowest BCUT2D eigenvalue weighted by Crippen LogP contribution is -2.33. The summed E-state index contributed by atoms with van der Waals surface area (Å²) in [5, 5.41) is 0. The largest absolute Gasteiger partial charge is 0.292 e. The molecule has 1 nitrogen and oxygen atoms in total. The molecule has 2 heteroatoms. The minimum atomic E-state index is -0.154. The van der Waals surface area contributed by atoms with Crippen LogP contribution >= 0.6 is 0 Å². The summed E-state index contributed by atoms with van der Waals surface area (Å²) in [5.74, 6) is 3.06. The second kappa shape index (κ2) is 6.37. The summed E-state index contributed by atoms with van der Waals surface area (Å²) in [6, 6.07) is 6.87. The molecule has 0 aromatic heterocycles. The van der Waals surface area contributed by atoms with E-state index in [1.165, 1.54) is 6.07 Å². The summed E-state index contributed by atoms with van der Waals surface area (Å²) in [6.45, 7) is 2.82. The van der Waals surface area contributed by atoms with Crippen molar-refractivity contribution in [2.24, 2.45) is 5.92 Å². The van der Waals surface area contributed by atoms with Crippen molar-refractivity contribution >= 4 is 6.08 Å². The quantitative estimate of drug-likeness (QED) is 0.737. The number of nitrogens with zero attached hydrogens (tertiary/aromatic N) is 1. The Hall–Kier alpha value is -1.59. The van der Waals surface area contributed by atoms with Crippen LogP contribution in [0, 0.1) is 24.1 Å². The van der Waals surface area contributed by atoms with Gasteiger partial charge in [-0.05, 0) is 37.9 Å². The van der Waals surface area contributed by atoms with Crippen LogP contribution in [-0.4, -0.2) is 24.5 Å². The van der Waals surface area contributed by atoms with Crippen LogP contribution in [0.25, 0.3) is 6.08 Å². The predicted octanol–water partition coefficient (Wildman–Crippen LogP) is 3.18. The van der Waals surface area contributed by atoms with E-state index in [9.17, 15) is 4.39 Å². The zero-order chi connectivity index (χ0) is 12.8. The van der Waals surface area contributed by atoms with Crippen molar-refractivity contribution in [2.45, 2.75) is 12.8 Å². The minimum Gasteiger partial charge on any atom is -0.292 e. The summed E-state index contributed by atoms with van der Waals surface area (Å²) >= 11 is 0. The number of hydrogen-bond donors (Lipinski definition) is 0. The van der Waals surface area contributed by atoms with Crippen molar-refractivity contribution in [1.29, 1.82) is 0 Å². The Labute approximate surface area is 108 Å². The Balaban J connectivity index is 1.89. The highest BCUT2D eigenvalue weighted by molar-refractivity contribution is 5.50. The molecule has 0 spiro atoms. The molecule has 0 atom stereocenters. The molecule has 0 saturated carbocycles. The molecule has 94 valence electrons. The van der Waals surface area contributed by atoms with Crippen molar-refractivity contribution in [2.75, 3.05) is 19.6 Å². The summed E-state index contributed by atoms with van der Waals surface area (Å²) in [4.78, 5) is 2.29. The van der Waals surface area contributed by atoms with E-state index in [4.69, 9.17) is 6.42 Å². The van der Waals surface area contributed by atoms with Gasteiger partial charge in [-0.25, -0.2) is 4.39 Å². The monoisotopic (exact) mass is 243 g/mol. The average molecular weight is 243 g/mol. The second-order valence-corrected chi connectivity index (χ2v) is 4.70. The van der Waals surface area contributed by atoms with Gasteiger partial charge in [-0.3, -0.25) is 4.90 Å². The smallest absolute Gasteiger partial charge is 0.130 e. The summed E-state index contributed by atoms with van der Waals surface area (Å²) in [5.41, 5.74) is 0.670. The first-order valence-electron chi connectivity index (χ1n) is 6.38. The zero-order valence-corrected chi connectivity index (χ0v) is 10.5. The Kier molecular flexibility index (Phi) is 4.55. The number of likely N-dealkylation sites (tertiary alicyclic amines) is 1. The molecule has 0 N–H and O–H groups in total. The van der Waals surface area contributed by atoms with E-state index in [-0.39, 0.29) is 5.82 Å². The second-order valence-electron chi connectivity index (χ2n) is 4.70. The minimum absolute atomic E-state index is 0.154. The van der Waals surface area contributed by atoms with Crippen molar-refractivity contribution < 1.29 is 4.39 Å². The predicted molar refractivity (Wildman–Crippen MR) is 73.4 cm³/mol. The lowest BCUT2D eigenvalue weighted by molar-refractivity contribution is 0.226. The molecule has 0 radical (unpaired) electrons. The number of rotatable bonds is 3. The van der Waals surface area contributed by atoms with E-state index in [0.717, 1.165) is 32.5 Å². The first-order chi connectivity index (χ1) is 8.79. The van der Waals surface area contributed by atoms with Gasteiger partial charge in [0, 0.05) is 5.56 Å². The summed E-state index contributed by atoms with van der Waals surface area (Å²) < 4.78 is 13.4. The topological polar surface area (TPSA) is 3.24 Å². The Morgan fingerprint density at radius 1 is 1.33 bits per heavy atom. The third-order valence-corrected chi connectivity index (χ3v) is 3.40. The third-order valence-electron chi connectivity index (χ3n) is 3.40. The maximum Gasteiger partial charge on any atom is 0.130 e. The molecule has 2 rings (SSSR count). The molecule has 1 heterocycles. The van der Waals surface area contributed by atoms with Crippen LogP contribution < -0.4 is 0 Å². The maximum atomic E-state index is 13.4. The lowest BCUT2D eigenvalue weighted by Gasteiger charge is -2.28. The van der Waals surface area contributed by atoms with Crippen LogP contribution in [-0.2, 0) is 0 Å². The van der Waals surface area contributed by atoms with Gasteiger partial charge in [0.1, 0.15) is 5.82 Å². The standard InChI is InChI=1S/C16H18FN/c1-2-11-18-12-9-14(10-13-18)7-8-15-5-3-4-6-16(15)17/h1,3-8,14H,9-13H2/b8-7-. The SMILES string of the molecule is C#CCN1CCC(/C=C\c2ccccc2F)CC1. The van der Waals surface area contributed by atoms with Gasteiger partial charge in [-0.2, -0.15) is 0 Å². The van der Waals surface area contributed by atoms with E-state index in [2.05, 4.69) is 16.9 Å². The van der Waals surface area contributed by atoms with Crippen molar-refractivity contribution in [3.05, 3.63) is 41.7 Å². The highest BCUT2D eigenvalue weighted by Crippen LogP contribution is 2.20. The Bertz CT molecular complexity index is 450. The number of piperidine rings is 1. The number of terminal acetylenes is 1. The van der Waals surface area contributed by atoms with Gasteiger partial charge >= 0.3 is 0 Å². The van der Waals surface area contributed by atoms with E-state index >= 15 is 0 Å². The number of halogens is 1. The molecule has 18 heavy (non-hydrogen) atoms.